The predicted octanol–water partition coefficient (Wildman–Crippen LogP) is 3.20. The van der Waals surface area contributed by atoms with E-state index in [0.717, 1.165) is 23.8 Å². The standard InChI is InChI=1S/C19H20F2N2O3/c1-12(19(24)22-16-10-14(20)4-5-15(16)21)23(2)11-13-3-6-17-18(9-13)26-8-7-25-17/h3-6,9-10,12H,7-8,11H2,1-2H3,(H,22,24)/t12-/m1/s1. The first-order valence-corrected chi connectivity index (χ1v) is 8.28. The van der Waals surface area contributed by atoms with Gasteiger partial charge in [0.15, 0.2) is 11.5 Å². The summed E-state index contributed by atoms with van der Waals surface area (Å²) in [5, 5.41) is 2.43. The molecule has 0 saturated carbocycles. The highest BCUT2D eigenvalue weighted by Gasteiger charge is 2.20. The lowest BCUT2D eigenvalue weighted by atomic mass is 10.1. The molecule has 3 rings (SSSR count). The van der Waals surface area contributed by atoms with Gasteiger partial charge in [0.1, 0.15) is 24.8 Å². The van der Waals surface area contributed by atoms with E-state index in [9.17, 15) is 13.6 Å². The average Bonchev–Trinajstić information content (AvgIpc) is 2.64. The summed E-state index contributed by atoms with van der Waals surface area (Å²) >= 11 is 0. The van der Waals surface area contributed by atoms with Gasteiger partial charge in [0.2, 0.25) is 5.91 Å². The highest BCUT2D eigenvalue weighted by atomic mass is 19.1. The van der Waals surface area contributed by atoms with E-state index in [0.29, 0.717) is 31.3 Å². The van der Waals surface area contributed by atoms with Crippen LogP contribution in [-0.2, 0) is 11.3 Å². The smallest absolute Gasteiger partial charge is 0.241 e. The molecule has 0 aliphatic carbocycles. The number of anilines is 1. The highest BCUT2D eigenvalue weighted by molar-refractivity contribution is 5.94. The van der Waals surface area contributed by atoms with Crippen LogP contribution in [0.2, 0.25) is 0 Å². The van der Waals surface area contributed by atoms with Crippen LogP contribution in [0, 0.1) is 11.6 Å². The number of rotatable bonds is 5. The zero-order valence-corrected chi connectivity index (χ0v) is 14.6. The first-order valence-electron chi connectivity index (χ1n) is 8.28. The van der Waals surface area contributed by atoms with Crippen LogP contribution in [0.15, 0.2) is 36.4 Å². The molecule has 2 aromatic carbocycles. The number of ether oxygens (including phenoxy) is 2. The van der Waals surface area contributed by atoms with Crippen molar-refractivity contribution < 1.29 is 23.0 Å². The Hall–Kier alpha value is -2.67. The molecule has 1 heterocycles. The minimum absolute atomic E-state index is 0.172. The van der Waals surface area contributed by atoms with Crippen molar-refractivity contribution in [3.8, 4) is 11.5 Å². The zero-order valence-electron chi connectivity index (χ0n) is 14.6. The summed E-state index contributed by atoms with van der Waals surface area (Å²) in [5.41, 5.74) is 0.780. The SMILES string of the molecule is C[C@H](C(=O)Nc1cc(F)ccc1F)N(C)Cc1ccc2c(c1)OCCO2. The van der Waals surface area contributed by atoms with Gasteiger partial charge in [0.25, 0.3) is 0 Å². The van der Waals surface area contributed by atoms with Gasteiger partial charge >= 0.3 is 0 Å². The number of benzene rings is 2. The van der Waals surface area contributed by atoms with Crippen LogP contribution < -0.4 is 14.8 Å². The lowest BCUT2D eigenvalue weighted by Gasteiger charge is -2.25. The number of amides is 1. The van der Waals surface area contributed by atoms with E-state index in [1.54, 1.807) is 18.9 Å². The van der Waals surface area contributed by atoms with Crippen molar-refractivity contribution in [3.05, 3.63) is 53.6 Å². The Kier molecular flexibility index (Phi) is 5.37. The van der Waals surface area contributed by atoms with E-state index < -0.39 is 23.6 Å². The quantitative estimate of drug-likeness (QED) is 0.888. The molecule has 1 atom stereocenters. The molecular formula is C19H20F2N2O3. The molecule has 1 aliphatic rings. The Morgan fingerprint density at radius 2 is 1.88 bits per heavy atom. The van der Waals surface area contributed by atoms with Gasteiger partial charge in [-0.25, -0.2) is 8.78 Å². The van der Waals surface area contributed by atoms with Crippen molar-refractivity contribution in [1.29, 1.82) is 0 Å². The number of hydrogen-bond donors (Lipinski definition) is 1. The Bertz CT molecular complexity index is 813. The van der Waals surface area contributed by atoms with Crippen LogP contribution in [0.25, 0.3) is 0 Å². The molecule has 5 nitrogen and oxygen atoms in total. The second kappa shape index (κ2) is 7.70. The Balaban J connectivity index is 1.64. The summed E-state index contributed by atoms with van der Waals surface area (Å²) < 4.78 is 38.0. The van der Waals surface area contributed by atoms with Crippen LogP contribution in [0.3, 0.4) is 0 Å². The first-order chi connectivity index (χ1) is 12.4. The van der Waals surface area contributed by atoms with E-state index in [1.807, 2.05) is 18.2 Å². The number of nitrogens with one attached hydrogen (secondary N) is 1. The maximum absolute atomic E-state index is 13.7. The number of carbonyl (C=O) groups is 1. The fourth-order valence-electron chi connectivity index (χ4n) is 2.64. The normalized spacial score (nSPS) is 14.2. The van der Waals surface area contributed by atoms with Gasteiger partial charge in [0, 0.05) is 12.6 Å². The average molecular weight is 362 g/mol. The Labute approximate surface area is 150 Å². The van der Waals surface area contributed by atoms with Crippen molar-refractivity contribution >= 4 is 11.6 Å². The minimum Gasteiger partial charge on any atom is -0.486 e. The minimum atomic E-state index is -0.679. The van der Waals surface area contributed by atoms with Crippen molar-refractivity contribution in [2.24, 2.45) is 0 Å². The molecule has 138 valence electrons. The number of halogens is 2. The summed E-state index contributed by atoms with van der Waals surface area (Å²) in [6.07, 6.45) is 0. The molecule has 26 heavy (non-hydrogen) atoms. The monoisotopic (exact) mass is 362 g/mol. The highest BCUT2D eigenvalue weighted by Crippen LogP contribution is 2.31. The number of hydrogen-bond acceptors (Lipinski definition) is 4. The van der Waals surface area contributed by atoms with Gasteiger partial charge in [-0.3, -0.25) is 9.69 Å². The number of fused-ring (bicyclic) bond motifs is 1. The molecule has 2 aromatic rings. The van der Waals surface area contributed by atoms with Gasteiger partial charge < -0.3 is 14.8 Å². The van der Waals surface area contributed by atoms with Gasteiger partial charge in [0.05, 0.1) is 11.7 Å². The lowest BCUT2D eigenvalue weighted by molar-refractivity contribution is -0.120. The number of nitrogens with zero attached hydrogens (tertiary/aromatic N) is 1. The van der Waals surface area contributed by atoms with Crippen LogP contribution in [0.1, 0.15) is 12.5 Å². The van der Waals surface area contributed by atoms with Gasteiger partial charge in [-0.05, 0) is 43.8 Å². The van der Waals surface area contributed by atoms with Crippen LogP contribution >= 0.6 is 0 Å². The summed E-state index contributed by atoms with van der Waals surface area (Å²) in [4.78, 5) is 14.2. The van der Waals surface area contributed by atoms with E-state index in [4.69, 9.17) is 9.47 Å². The predicted molar refractivity (Wildman–Crippen MR) is 93.3 cm³/mol. The van der Waals surface area contributed by atoms with Gasteiger partial charge in [-0.15, -0.1) is 0 Å². The lowest BCUT2D eigenvalue weighted by Crippen LogP contribution is -2.39. The molecule has 0 bridgehead atoms. The van der Waals surface area contributed by atoms with Crippen LogP contribution in [0.4, 0.5) is 14.5 Å². The van der Waals surface area contributed by atoms with E-state index in [2.05, 4.69) is 5.32 Å². The number of carbonyl (C=O) groups excluding carboxylic acids is 1. The Morgan fingerprint density at radius 1 is 1.15 bits per heavy atom. The molecule has 0 unspecified atom stereocenters. The molecule has 0 spiro atoms. The summed E-state index contributed by atoms with van der Waals surface area (Å²) in [6.45, 7) is 3.21. The molecule has 0 radical (unpaired) electrons. The second-order valence-corrected chi connectivity index (χ2v) is 6.18. The number of likely N-dealkylation sites (N-methyl/N-ethyl adjacent to an activating group) is 1. The third-order valence-electron chi connectivity index (χ3n) is 4.27. The molecule has 1 amide bonds. The van der Waals surface area contributed by atoms with E-state index >= 15 is 0 Å². The molecular weight excluding hydrogens is 342 g/mol. The first kappa shape index (κ1) is 18.1. The van der Waals surface area contributed by atoms with Gasteiger partial charge in [-0.2, -0.15) is 0 Å². The summed E-state index contributed by atoms with van der Waals surface area (Å²) in [5.74, 6) is -0.328. The van der Waals surface area contributed by atoms with Crippen LogP contribution in [-0.4, -0.2) is 37.1 Å². The summed E-state index contributed by atoms with van der Waals surface area (Å²) in [7, 11) is 1.78. The Morgan fingerprint density at radius 3 is 2.65 bits per heavy atom. The third-order valence-corrected chi connectivity index (χ3v) is 4.27. The van der Waals surface area contributed by atoms with E-state index in [1.165, 1.54) is 0 Å². The molecule has 0 fully saturated rings. The largest absolute Gasteiger partial charge is 0.486 e. The van der Waals surface area contributed by atoms with Crippen LogP contribution in [0.5, 0.6) is 11.5 Å². The van der Waals surface area contributed by atoms with Crippen molar-refractivity contribution in [1.82, 2.24) is 4.90 Å². The second-order valence-electron chi connectivity index (χ2n) is 6.18. The molecule has 7 heteroatoms. The molecule has 1 aliphatic heterocycles. The maximum atomic E-state index is 13.7. The van der Waals surface area contributed by atoms with Crippen molar-refractivity contribution in [3.63, 3.8) is 0 Å². The molecule has 0 saturated heterocycles. The topological polar surface area (TPSA) is 50.8 Å². The van der Waals surface area contributed by atoms with Crippen molar-refractivity contribution in [2.75, 3.05) is 25.6 Å². The summed E-state index contributed by atoms with van der Waals surface area (Å²) in [6, 6.07) is 8.01. The molecule has 1 N–H and O–H groups in total. The fourth-order valence-corrected chi connectivity index (χ4v) is 2.64. The third kappa shape index (κ3) is 4.11. The maximum Gasteiger partial charge on any atom is 0.241 e. The van der Waals surface area contributed by atoms with Crippen molar-refractivity contribution in [2.45, 2.75) is 19.5 Å². The van der Waals surface area contributed by atoms with Gasteiger partial charge in [-0.1, -0.05) is 6.07 Å². The fraction of sp³-hybridized carbons (Fsp3) is 0.316. The van der Waals surface area contributed by atoms with E-state index in [-0.39, 0.29) is 5.69 Å². The zero-order chi connectivity index (χ0) is 18.7. The molecule has 0 aromatic heterocycles.